The zero-order chi connectivity index (χ0) is 28.9. The van der Waals surface area contributed by atoms with Crippen LogP contribution in [-0.4, -0.2) is 44.3 Å². The second kappa shape index (κ2) is 9.74. The highest BCUT2D eigenvalue weighted by atomic mass is 32.2. The summed E-state index contributed by atoms with van der Waals surface area (Å²) in [4.78, 5) is 3.34. The molecule has 10 nitrogen and oxygen atoms in total. The summed E-state index contributed by atoms with van der Waals surface area (Å²) in [6, 6.07) is 10.2. The highest BCUT2D eigenvalue weighted by molar-refractivity contribution is 7.89. The molecule has 0 aliphatic carbocycles. The molecular formula is C23H17F6N7O3S. The molecule has 0 amide bonds. The van der Waals surface area contributed by atoms with E-state index in [-0.39, 0.29) is 34.3 Å². The minimum absolute atomic E-state index is 0.130. The molecule has 0 saturated carbocycles. The SMILES string of the molecule is Cn1nnnc1-c1cccc2c1CN(S(=O)(=O)c1ccc(OC(F)(F)F)cc1)Cc1ccc(C(F)(F)F)nc1N2. The van der Waals surface area contributed by atoms with Gasteiger partial charge in [-0.3, -0.25) is 0 Å². The van der Waals surface area contributed by atoms with E-state index in [4.69, 9.17) is 0 Å². The minimum atomic E-state index is -4.97. The first-order chi connectivity index (χ1) is 18.7. The molecule has 5 rings (SSSR count). The van der Waals surface area contributed by atoms with E-state index in [0.29, 0.717) is 11.1 Å². The summed E-state index contributed by atoms with van der Waals surface area (Å²) in [6.07, 6.45) is -9.74. The maximum absolute atomic E-state index is 13.8. The van der Waals surface area contributed by atoms with Crippen molar-refractivity contribution in [2.45, 2.75) is 30.5 Å². The molecule has 0 radical (unpaired) electrons. The zero-order valence-electron chi connectivity index (χ0n) is 20.2. The Morgan fingerprint density at radius 3 is 2.30 bits per heavy atom. The lowest BCUT2D eigenvalue weighted by Gasteiger charge is -2.29. The van der Waals surface area contributed by atoms with Crippen LogP contribution >= 0.6 is 0 Å². The van der Waals surface area contributed by atoms with Crippen molar-refractivity contribution in [1.82, 2.24) is 29.5 Å². The predicted molar refractivity (Wildman–Crippen MR) is 126 cm³/mol. The van der Waals surface area contributed by atoms with Crippen molar-refractivity contribution in [3.05, 3.63) is 71.4 Å². The monoisotopic (exact) mass is 585 g/mol. The Balaban J connectivity index is 1.64. The molecule has 2 aromatic heterocycles. The van der Waals surface area contributed by atoms with Crippen LogP contribution in [0.4, 0.5) is 37.8 Å². The number of hydrogen-bond donors (Lipinski definition) is 1. The summed E-state index contributed by atoms with van der Waals surface area (Å²) in [5.74, 6) is -0.597. The Morgan fingerprint density at radius 2 is 1.68 bits per heavy atom. The third-order valence-corrected chi connectivity index (χ3v) is 7.74. The lowest BCUT2D eigenvalue weighted by atomic mass is 10.0. The fourth-order valence-electron chi connectivity index (χ4n) is 4.11. The van der Waals surface area contributed by atoms with E-state index in [1.807, 2.05) is 0 Å². The molecule has 2 aromatic carbocycles. The number of alkyl halides is 6. The average Bonchev–Trinajstić information content (AvgIpc) is 3.28. The number of nitrogens with zero attached hydrogens (tertiary/aromatic N) is 6. The van der Waals surface area contributed by atoms with Crippen molar-refractivity contribution in [2.75, 3.05) is 5.32 Å². The van der Waals surface area contributed by atoms with Crippen LogP contribution < -0.4 is 10.1 Å². The number of aromatic nitrogens is 5. The van der Waals surface area contributed by atoms with Crippen LogP contribution in [0.15, 0.2) is 59.5 Å². The van der Waals surface area contributed by atoms with Gasteiger partial charge in [-0.05, 0) is 46.8 Å². The van der Waals surface area contributed by atoms with E-state index >= 15 is 0 Å². The van der Waals surface area contributed by atoms with Crippen molar-refractivity contribution in [1.29, 1.82) is 0 Å². The molecule has 0 unspecified atom stereocenters. The number of hydrogen-bond acceptors (Lipinski definition) is 8. The standard InChI is InChI=1S/C23H17F6N7O3S/c1-35-21(32-33-34-35)16-3-2-4-18-17(16)12-36(11-13-5-10-19(22(24,25)26)31-20(13)30-18)40(37,38)15-8-6-14(7-9-15)39-23(27,28)29/h2-10H,11-12H2,1H3,(H,30,31). The van der Waals surface area contributed by atoms with Crippen molar-refractivity contribution in [2.24, 2.45) is 7.05 Å². The smallest absolute Gasteiger partial charge is 0.406 e. The molecule has 17 heteroatoms. The highest BCUT2D eigenvalue weighted by Gasteiger charge is 2.36. The first kappa shape index (κ1) is 27.3. The lowest BCUT2D eigenvalue weighted by Crippen LogP contribution is -2.32. The van der Waals surface area contributed by atoms with E-state index in [1.165, 1.54) is 10.7 Å². The van der Waals surface area contributed by atoms with E-state index in [1.54, 1.807) is 19.2 Å². The molecule has 0 fully saturated rings. The van der Waals surface area contributed by atoms with Gasteiger partial charge in [-0.2, -0.15) is 17.5 Å². The first-order valence-electron chi connectivity index (χ1n) is 11.3. The van der Waals surface area contributed by atoms with Crippen molar-refractivity contribution in [3.63, 3.8) is 0 Å². The van der Waals surface area contributed by atoms with E-state index < -0.39 is 40.6 Å². The average molecular weight is 585 g/mol. The van der Waals surface area contributed by atoms with E-state index in [9.17, 15) is 34.8 Å². The number of anilines is 2. The van der Waals surface area contributed by atoms with Crippen LogP contribution in [0.25, 0.3) is 11.4 Å². The summed E-state index contributed by atoms with van der Waals surface area (Å²) in [5, 5.41) is 14.2. The molecule has 3 heterocycles. The van der Waals surface area contributed by atoms with Gasteiger partial charge in [0, 0.05) is 42.5 Å². The number of sulfonamides is 1. The van der Waals surface area contributed by atoms with Gasteiger partial charge in [-0.1, -0.05) is 18.2 Å². The molecule has 0 spiro atoms. The van der Waals surface area contributed by atoms with Crippen molar-refractivity contribution < 1.29 is 39.5 Å². The fourth-order valence-corrected chi connectivity index (χ4v) is 5.49. The summed E-state index contributed by atoms with van der Waals surface area (Å²) in [6.45, 7) is -0.712. The fraction of sp³-hybridized carbons (Fsp3) is 0.217. The maximum Gasteiger partial charge on any atom is 0.573 e. The van der Waals surface area contributed by atoms with Gasteiger partial charge in [-0.25, -0.2) is 18.1 Å². The number of pyridine rings is 1. The Hall–Kier alpha value is -4.25. The second-order valence-electron chi connectivity index (χ2n) is 8.58. The van der Waals surface area contributed by atoms with Crippen LogP contribution in [0.3, 0.4) is 0 Å². The van der Waals surface area contributed by atoms with Crippen molar-refractivity contribution in [3.8, 4) is 17.1 Å². The van der Waals surface area contributed by atoms with Gasteiger partial charge in [0.2, 0.25) is 10.0 Å². The summed E-state index contributed by atoms with van der Waals surface area (Å²) >= 11 is 0. The van der Waals surface area contributed by atoms with Crippen LogP contribution in [0.1, 0.15) is 16.8 Å². The largest absolute Gasteiger partial charge is 0.573 e. The summed E-state index contributed by atoms with van der Waals surface area (Å²) in [7, 11) is -2.87. The minimum Gasteiger partial charge on any atom is -0.406 e. The number of nitrogens with one attached hydrogen (secondary N) is 1. The van der Waals surface area contributed by atoms with Gasteiger partial charge >= 0.3 is 12.5 Å². The van der Waals surface area contributed by atoms with E-state index in [0.717, 1.165) is 40.7 Å². The number of rotatable bonds is 4. The van der Waals surface area contributed by atoms with Crippen LogP contribution in [0, 0.1) is 0 Å². The van der Waals surface area contributed by atoms with Gasteiger partial charge < -0.3 is 10.1 Å². The Bertz CT molecular complexity index is 1670. The topological polar surface area (TPSA) is 115 Å². The Labute approximate surface area is 222 Å². The Morgan fingerprint density at radius 1 is 0.950 bits per heavy atom. The number of fused-ring (bicyclic) bond motifs is 2. The molecule has 1 aliphatic heterocycles. The zero-order valence-corrected chi connectivity index (χ0v) is 21.0. The second-order valence-corrected chi connectivity index (χ2v) is 10.5. The summed E-state index contributed by atoms with van der Waals surface area (Å²) < 4.78 is 112. The molecular weight excluding hydrogens is 568 g/mol. The van der Waals surface area contributed by atoms with Gasteiger partial charge in [0.25, 0.3) is 0 Å². The number of aryl methyl sites for hydroxylation is 1. The van der Waals surface area contributed by atoms with Gasteiger partial charge in [-0.15, -0.1) is 18.3 Å². The van der Waals surface area contributed by atoms with Gasteiger partial charge in [0.1, 0.15) is 17.3 Å². The summed E-state index contributed by atoms with van der Waals surface area (Å²) in [5.41, 5.74) is -0.0931. The van der Waals surface area contributed by atoms with Crippen LogP contribution in [0.5, 0.6) is 5.75 Å². The third kappa shape index (κ3) is 5.42. The van der Waals surface area contributed by atoms with Crippen LogP contribution in [-0.2, 0) is 36.3 Å². The number of tetrazole rings is 1. The Kier molecular flexibility index (Phi) is 6.65. The molecule has 1 N–H and O–H groups in total. The molecule has 210 valence electrons. The van der Waals surface area contributed by atoms with E-state index in [2.05, 4.69) is 30.6 Å². The molecule has 40 heavy (non-hydrogen) atoms. The third-order valence-electron chi connectivity index (χ3n) is 5.94. The lowest BCUT2D eigenvalue weighted by molar-refractivity contribution is -0.274. The maximum atomic E-state index is 13.8. The predicted octanol–water partition coefficient (Wildman–Crippen LogP) is 4.64. The number of ether oxygens (including phenoxy) is 1. The van der Waals surface area contributed by atoms with Gasteiger partial charge in [0.15, 0.2) is 5.82 Å². The molecule has 1 aliphatic rings. The van der Waals surface area contributed by atoms with Crippen molar-refractivity contribution >= 4 is 21.5 Å². The molecule has 0 bridgehead atoms. The normalized spacial score (nSPS) is 14.5. The van der Waals surface area contributed by atoms with Gasteiger partial charge in [0.05, 0.1) is 4.90 Å². The number of benzene rings is 2. The highest BCUT2D eigenvalue weighted by Crippen LogP contribution is 2.38. The molecule has 0 atom stereocenters. The first-order valence-corrected chi connectivity index (χ1v) is 12.7. The quantitative estimate of drug-likeness (QED) is 0.345. The molecule has 4 aromatic rings. The molecule has 0 saturated heterocycles. The number of halogens is 6. The van der Waals surface area contributed by atoms with Crippen LogP contribution in [0.2, 0.25) is 0 Å².